The summed E-state index contributed by atoms with van der Waals surface area (Å²) in [6.45, 7) is 5.68. The molecule has 0 aromatic carbocycles. The maximum Gasteiger partial charge on any atom is 0.335 e. The third-order valence-electron chi connectivity index (χ3n) is 12.5. The number of ether oxygens (including phenoxy) is 5. The molecule has 6 unspecified atom stereocenters. The molecule has 1 aliphatic rings. The number of allylic oxidation sites excluding steroid dienone is 20. The zero-order valence-corrected chi connectivity index (χ0v) is 47.7. The van der Waals surface area contributed by atoms with E-state index in [1.165, 1.54) is 57.8 Å². The zero-order chi connectivity index (χ0) is 56.1. The fourth-order valence-electron chi connectivity index (χ4n) is 8.09. The number of unbranched alkanes of at least 4 members (excludes halogenated alkanes) is 14. The first-order chi connectivity index (χ1) is 37.6. The van der Waals surface area contributed by atoms with E-state index >= 15 is 0 Å². The summed E-state index contributed by atoms with van der Waals surface area (Å²) in [4.78, 5) is 51.1. The highest BCUT2D eigenvalue weighted by molar-refractivity contribution is 5.74. The number of rotatable bonds is 48. The molecule has 0 aromatic rings. The fourth-order valence-corrected chi connectivity index (χ4v) is 8.09. The van der Waals surface area contributed by atoms with Crippen molar-refractivity contribution in [3.05, 3.63) is 122 Å². The van der Waals surface area contributed by atoms with Crippen molar-refractivity contribution in [1.82, 2.24) is 0 Å². The van der Waals surface area contributed by atoms with Crippen LogP contribution in [0.3, 0.4) is 0 Å². The molecule has 0 radical (unpaired) electrons. The maximum atomic E-state index is 13.1. The highest BCUT2D eigenvalue weighted by Crippen LogP contribution is 2.26. The molecule has 12 nitrogen and oxygen atoms in total. The van der Waals surface area contributed by atoms with Crippen molar-refractivity contribution in [2.75, 3.05) is 13.2 Å². The van der Waals surface area contributed by atoms with Gasteiger partial charge in [-0.3, -0.25) is 14.4 Å². The van der Waals surface area contributed by atoms with Crippen LogP contribution in [0.1, 0.15) is 213 Å². The van der Waals surface area contributed by atoms with Crippen LogP contribution in [0.4, 0.5) is 0 Å². The van der Waals surface area contributed by atoms with Crippen LogP contribution < -0.4 is 0 Å². The van der Waals surface area contributed by atoms with Crippen molar-refractivity contribution in [3.63, 3.8) is 0 Å². The third-order valence-corrected chi connectivity index (χ3v) is 12.5. The first-order valence-corrected chi connectivity index (χ1v) is 29.5. The molecule has 1 rings (SSSR count). The Balaban J connectivity index is 2.76. The van der Waals surface area contributed by atoms with Crippen molar-refractivity contribution >= 4 is 23.9 Å². The Hall–Kier alpha value is -4.88. The van der Waals surface area contributed by atoms with E-state index in [0.717, 1.165) is 89.9 Å². The molecule has 0 spiro atoms. The molecule has 3 N–H and O–H groups in total. The first-order valence-electron chi connectivity index (χ1n) is 29.5. The Morgan fingerprint density at radius 2 is 0.844 bits per heavy atom. The number of aliphatic carboxylic acids is 1. The Morgan fingerprint density at radius 1 is 0.442 bits per heavy atom. The number of carbonyl (C=O) groups is 4. The lowest BCUT2D eigenvalue weighted by Crippen LogP contribution is -2.61. The second-order valence-electron chi connectivity index (χ2n) is 19.5. The lowest BCUT2D eigenvalue weighted by Gasteiger charge is -2.40. The summed E-state index contributed by atoms with van der Waals surface area (Å²) in [7, 11) is 0. The molecule has 1 saturated heterocycles. The van der Waals surface area contributed by atoms with Crippen LogP contribution in [0.5, 0.6) is 0 Å². The summed E-state index contributed by atoms with van der Waals surface area (Å²) < 4.78 is 28.3. The van der Waals surface area contributed by atoms with Crippen molar-refractivity contribution in [3.8, 4) is 0 Å². The second-order valence-corrected chi connectivity index (χ2v) is 19.5. The smallest absolute Gasteiger partial charge is 0.335 e. The van der Waals surface area contributed by atoms with Gasteiger partial charge in [0.1, 0.15) is 18.8 Å². The van der Waals surface area contributed by atoms with Gasteiger partial charge in [-0.2, -0.15) is 0 Å². The standard InChI is InChI=1S/C65H102O12/c1-4-7-10-13-16-19-22-25-27-28-29-30-32-35-38-41-44-47-50-53-59(68)76-63-61(70)60(69)62(64(71)72)77-65(63)74-55-56(75-58(67)52-49-46-43-40-37-33-24-21-18-15-12-9-6-3)54-73-57(66)51-48-45-42-39-36-34-31-26-23-20-17-14-11-8-5-2/h7-8,10-11,16-17,19-20,25-27,29-31,35-36,38-39,44,47,56,60-63,65,69-70H,4-6,9,12-15,18,21-24,28,32-34,37,40-43,45-46,48-55H2,1-3H3,(H,71,72)/b10-7-,11-8-,19-16-,20-17-,27-25-,30-29-,31-26-,38-35-,39-36-,47-44-. The average Bonchev–Trinajstić information content (AvgIpc) is 3.42. The van der Waals surface area contributed by atoms with Gasteiger partial charge in [-0.05, 0) is 96.3 Å². The lowest BCUT2D eigenvalue weighted by molar-refractivity contribution is -0.301. The maximum absolute atomic E-state index is 13.1. The van der Waals surface area contributed by atoms with Gasteiger partial charge in [0.25, 0.3) is 0 Å². The molecule has 0 aromatic heterocycles. The average molecular weight is 1080 g/mol. The van der Waals surface area contributed by atoms with Crippen LogP contribution in [-0.2, 0) is 42.9 Å². The topological polar surface area (TPSA) is 175 Å². The molecule has 0 saturated carbocycles. The van der Waals surface area contributed by atoms with Gasteiger partial charge in [0, 0.05) is 19.3 Å². The van der Waals surface area contributed by atoms with Gasteiger partial charge in [-0.15, -0.1) is 0 Å². The monoisotopic (exact) mass is 1070 g/mol. The summed E-state index contributed by atoms with van der Waals surface area (Å²) in [5.41, 5.74) is 0. The van der Waals surface area contributed by atoms with Crippen LogP contribution in [0.15, 0.2) is 122 Å². The van der Waals surface area contributed by atoms with E-state index in [-0.39, 0.29) is 25.9 Å². The van der Waals surface area contributed by atoms with Crippen LogP contribution >= 0.6 is 0 Å². The van der Waals surface area contributed by atoms with Crippen molar-refractivity contribution in [1.29, 1.82) is 0 Å². The Kier molecular flexibility index (Phi) is 47.2. The molecule has 6 atom stereocenters. The number of aliphatic hydroxyl groups is 2. The van der Waals surface area contributed by atoms with E-state index < -0.39 is 67.3 Å². The van der Waals surface area contributed by atoms with E-state index in [9.17, 15) is 34.5 Å². The van der Waals surface area contributed by atoms with E-state index in [4.69, 9.17) is 23.7 Å². The van der Waals surface area contributed by atoms with Crippen LogP contribution in [0.2, 0.25) is 0 Å². The molecule has 0 bridgehead atoms. The van der Waals surface area contributed by atoms with Gasteiger partial charge in [0.05, 0.1) is 6.61 Å². The van der Waals surface area contributed by atoms with Gasteiger partial charge in [-0.1, -0.05) is 219 Å². The molecule has 0 aliphatic carbocycles. The van der Waals surface area contributed by atoms with Crippen LogP contribution in [0, 0.1) is 0 Å². The molecule has 12 heteroatoms. The lowest BCUT2D eigenvalue weighted by atomic mass is 9.98. The van der Waals surface area contributed by atoms with Crippen LogP contribution in [-0.4, -0.2) is 89.2 Å². The number of carboxylic acids is 1. The molecule has 434 valence electrons. The SMILES string of the molecule is CC/C=C\C/C=C\C/C=C\C/C=C\C/C=C\C/C=C\CCC(=O)OC1C(OCC(COC(=O)CCCC/C=C\C/C=C\C/C=C\C/C=C\CC)OC(=O)CCCCCCCCCCCCCCC)OC(C(=O)O)C(O)C1O. The molecular formula is C65H102O12. The summed E-state index contributed by atoms with van der Waals surface area (Å²) in [6, 6.07) is 0. The minimum Gasteiger partial charge on any atom is -0.479 e. The molecule has 77 heavy (non-hydrogen) atoms. The van der Waals surface area contributed by atoms with Gasteiger partial charge in [-0.25, -0.2) is 4.79 Å². The second kappa shape index (κ2) is 51.9. The number of carbonyl (C=O) groups excluding carboxylic acids is 3. The molecule has 1 fully saturated rings. The highest BCUT2D eigenvalue weighted by Gasteiger charge is 2.50. The number of aliphatic hydroxyl groups excluding tert-OH is 2. The number of hydrogen-bond acceptors (Lipinski definition) is 11. The first kappa shape index (κ1) is 70.1. The van der Waals surface area contributed by atoms with Crippen LogP contribution in [0.25, 0.3) is 0 Å². The summed E-state index contributed by atoms with van der Waals surface area (Å²) in [6.07, 6.45) is 59.0. The Morgan fingerprint density at radius 3 is 1.30 bits per heavy atom. The summed E-state index contributed by atoms with van der Waals surface area (Å²) in [5, 5.41) is 31.5. The summed E-state index contributed by atoms with van der Waals surface area (Å²) in [5.74, 6) is -3.30. The fraction of sp³-hybridized carbons (Fsp3) is 0.631. The normalized spacial score (nSPS) is 18.9. The number of carboxylic acid groups (broad SMARTS) is 1. The minimum atomic E-state index is -1.94. The van der Waals surface area contributed by atoms with Gasteiger partial charge >= 0.3 is 23.9 Å². The molecule has 0 amide bonds. The minimum absolute atomic E-state index is 0.0740. The highest BCUT2D eigenvalue weighted by atomic mass is 16.7. The van der Waals surface area contributed by atoms with E-state index in [2.05, 4.69) is 124 Å². The number of esters is 3. The van der Waals surface area contributed by atoms with E-state index in [1.54, 1.807) is 0 Å². The van der Waals surface area contributed by atoms with E-state index in [1.807, 2.05) is 18.2 Å². The van der Waals surface area contributed by atoms with Gasteiger partial charge in [0.2, 0.25) is 0 Å². The largest absolute Gasteiger partial charge is 0.479 e. The van der Waals surface area contributed by atoms with Gasteiger partial charge < -0.3 is 39.0 Å². The van der Waals surface area contributed by atoms with E-state index in [0.29, 0.717) is 25.7 Å². The quantitative estimate of drug-likeness (QED) is 0.0228. The van der Waals surface area contributed by atoms with Crippen molar-refractivity contribution in [2.45, 2.75) is 250 Å². The van der Waals surface area contributed by atoms with Gasteiger partial charge in [0.15, 0.2) is 24.6 Å². The molecule has 1 heterocycles. The Bertz CT molecular complexity index is 1800. The molecular weight excluding hydrogens is 973 g/mol. The predicted molar refractivity (Wildman–Crippen MR) is 312 cm³/mol. The zero-order valence-electron chi connectivity index (χ0n) is 47.7. The Labute approximate surface area is 465 Å². The predicted octanol–water partition coefficient (Wildman–Crippen LogP) is 15.2. The van der Waals surface area contributed by atoms with Crippen molar-refractivity contribution in [2.24, 2.45) is 0 Å². The molecule has 1 aliphatic heterocycles. The van der Waals surface area contributed by atoms with Crippen molar-refractivity contribution < 1.29 is 58.2 Å². The third kappa shape index (κ3) is 41.8. The summed E-state index contributed by atoms with van der Waals surface area (Å²) >= 11 is 0. The number of hydrogen-bond donors (Lipinski definition) is 3.